The molecule has 0 aromatic heterocycles. The van der Waals surface area contributed by atoms with Crippen molar-refractivity contribution in [3.8, 4) is 0 Å². The molecule has 1 saturated heterocycles. The number of hydrogen-bond donors (Lipinski definition) is 3. The molecule has 2 unspecified atom stereocenters. The van der Waals surface area contributed by atoms with Gasteiger partial charge in [-0.05, 0) is 12.1 Å². The zero-order chi connectivity index (χ0) is 14.8. The topological polar surface area (TPSA) is 95.5 Å². The van der Waals surface area contributed by atoms with Gasteiger partial charge in [0.05, 0.1) is 34.9 Å². The Balaban J connectivity index is 1.86. The van der Waals surface area contributed by atoms with E-state index in [1.54, 1.807) is 24.3 Å². The summed E-state index contributed by atoms with van der Waals surface area (Å²) < 4.78 is 22.6. The van der Waals surface area contributed by atoms with E-state index in [4.69, 9.17) is 11.6 Å². The molecule has 1 aliphatic rings. The first-order valence-electron chi connectivity index (χ1n) is 6.03. The van der Waals surface area contributed by atoms with Crippen molar-refractivity contribution in [2.45, 2.75) is 12.1 Å². The predicted molar refractivity (Wildman–Crippen MR) is 76.5 cm³/mol. The van der Waals surface area contributed by atoms with Crippen molar-refractivity contribution in [3.63, 3.8) is 0 Å². The maximum atomic E-state index is 11.7. The lowest BCUT2D eigenvalue weighted by Crippen LogP contribution is -2.42. The van der Waals surface area contributed by atoms with Crippen LogP contribution in [0, 0.1) is 0 Å². The van der Waals surface area contributed by atoms with E-state index in [1.165, 1.54) is 0 Å². The third kappa shape index (κ3) is 3.92. The Morgan fingerprint density at radius 3 is 2.65 bits per heavy atom. The average Bonchev–Trinajstić information content (AvgIpc) is 2.63. The highest BCUT2D eigenvalue weighted by Gasteiger charge is 2.36. The number of benzene rings is 1. The summed E-state index contributed by atoms with van der Waals surface area (Å²) in [5.74, 6) is -0.778. The zero-order valence-corrected chi connectivity index (χ0v) is 12.1. The molecule has 0 saturated carbocycles. The number of halogens is 1. The normalized spacial score (nSPS) is 24.5. The zero-order valence-electron chi connectivity index (χ0n) is 10.5. The molecule has 1 aliphatic heterocycles. The molecule has 0 spiro atoms. The van der Waals surface area contributed by atoms with Crippen LogP contribution in [0.5, 0.6) is 0 Å². The summed E-state index contributed by atoms with van der Waals surface area (Å²) in [6, 6.07) is 6.18. The maximum absolute atomic E-state index is 11.7. The number of aliphatic hydroxyl groups excluding tert-OH is 1. The number of nitrogens with one attached hydrogen (secondary N) is 2. The lowest BCUT2D eigenvalue weighted by Gasteiger charge is -2.14. The van der Waals surface area contributed by atoms with E-state index >= 15 is 0 Å². The molecule has 20 heavy (non-hydrogen) atoms. The molecule has 1 aromatic carbocycles. The number of hydrogen-bond acceptors (Lipinski definition) is 5. The van der Waals surface area contributed by atoms with Gasteiger partial charge in [0, 0.05) is 6.04 Å². The molecule has 1 amide bonds. The molecule has 0 radical (unpaired) electrons. The first-order chi connectivity index (χ1) is 9.37. The van der Waals surface area contributed by atoms with Gasteiger partial charge in [0.25, 0.3) is 0 Å². The van der Waals surface area contributed by atoms with E-state index in [0.717, 1.165) is 0 Å². The third-order valence-electron chi connectivity index (χ3n) is 3.00. The first-order valence-corrected chi connectivity index (χ1v) is 8.23. The Morgan fingerprint density at radius 1 is 1.35 bits per heavy atom. The maximum Gasteiger partial charge on any atom is 0.238 e. The Labute approximate surface area is 122 Å². The van der Waals surface area contributed by atoms with E-state index in [1.807, 2.05) is 0 Å². The quantitative estimate of drug-likeness (QED) is 0.728. The molecule has 0 bridgehead atoms. The lowest BCUT2D eigenvalue weighted by molar-refractivity contribution is -0.115. The van der Waals surface area contributed by atoms with Crippen molar-refractivity contribution >= 4 is 33.0 Å². The molecule has 2 rings (SSSR count). The van der Waals surface area contributed by atoms with E-state index in [9.17, 15) is 18.3 Å². The van der Waals surface area contributed by atoms with Gasteiger partial charge in [-0.25, -0.2) is 8.42 Å². The second-order valence-corrected chi connectivity index (χ2v) is 7.22. The summed E-state index contributed by atoms with van der Waals surface area (Å²) >= 11 is 5.90. The van der Waals surface area contributed by atoms with Crippen LogP contribution >= 0.6 is 11.6 Å². The van der Waals surface area contributed by atoms with Gasteiger partial charge in [-0.1, -0.05) is 23.7 Å². The Hall–Kier alpha value is -1.15. The van der Waals surface area contributed by atoms with Gasteiger partial charge in [-0.15, -0.1) is 0 Å². The van der Waals surface area contributed by atoms with E-state index in [-0.39, 0.29) is 24.0 Å². The Kier molecular flexibility index (Phi) is 4.64. The Bertz CT molecular complexity index is 605. The number of rotatable bonds is 4. The molecule has 2 atom stereocenters. The number of aliphatic hydroxyl groups is 1. The molecule has 110 valence electrons. The average molecular weight is 319 g/mol. The van der Waals surface area contributed by atoms with Crippen LogP contribution in [0.2, 0.25) is 5.02 Å². The lowest BCUT2D eigenvalue weighted by atomic mass is 10.2. The third-order valence-corrected chi connectivity index (χ3v) is 5.04. The van der Waals surface area contributed by atoms with Gasteiger partial charge in [-0.2, -0.15) is 0 Å². The van der Waals surface area contributed by atoms with Gasteiger partial charge >= 0.3 is 0 Å². The SMILES string of the molecule is O=C(CNC1CS(=O)(=O)CC1O)Nc1ccccc1Cl. The van der Waals surface area contributed by atoms with Crippen LogP contribution in [0.4, 0.5) is 5.69 Å². The van der Waals surface area contributed by atoms with Crippen molar-refractivity contribution in [2.75, 3.05) is 23.4 Å². The van der Waals surface area contributed by atoms with Gasteiger partial charge in [0.1, 0.15) is 0 Å². The first kappa shape index (κ1) is 15.2. The van der Waals surface area contributed by atoms with Gasteiger partial charge < -0.3 is 15.7 Å². The largest absolute Gasteiger partial charge is 0.390 e. The predicted octanol–water partition coefficient (Wildman–Crippen LogP) is 0.0260. The minimum atomic E-state index is -3.22. The molecule has 1 aromatic rings. The standard InChI is InChI=1S/C12H15ClN2O4S/c13-8-3-1-2-4-9(8)15-12(17)5-14-10-6-20(18,19)7-11(10)16/h1-4,10-11,14,16H,5-7H2,(H,15,17). The number of carbonyl (C=O) groups excluding carboxylic acids is 1. The van der Waals surface area contributed by atoms with E-state index < -0.39 is 22.0 Å². The van der Waals surface area contributed by atoms with Crippen LogP contribution in [-0.4, -0.2) is 49.6 Å². The number of amides is 1. The number of para-hydroxylation sites is 1. The van der Waals surface area contributed by atoms with Crippen LogP contribution in [0.1, 0.15) is 0 Å². The van der Waals surface area contributed by atoms with Crippen molar-refractivity contribution in [2.24, 2.45) is 0 Å². The van der Waals surface area contributed by atoms with Gasteiger partial charge in [0.2, 0.25) is 5.91 Å². The van der Waals surface area contributed by atoms with Crippen LogP contribution in [-0.2, 0) is 14.6 Å². The van der Waals surface area contributed by atoms with Crippen molar-refractivity contribution < 1.29 is 18.3 Å². The molecule has 3 N–H and O–H groups in total. The summed E-state index contributed by atoms with van der Waals surface area (Å²) in [6.07, 6.45) is -0.979. The fourth-order valence-electron chi connectivity index (χ4n) is 2.00. The fourth-order valence-corrected chi connectivity index (χ4v) is 3.96. The van der Waals surface area contributed by atoms with E-state index in [0.29, 0.717) is 10.7 Å². The number of anilines is 1. The smallest absolute Gasteiger partial charge is 0.238 e. The highest BCUT2D eigenvalue weighted by molar-refractivity contribution is 7.91. The molecule has 1 heterocycles. The number of sulfone groups is 1. The minimum absolute atomic E-state index is 0.0948. The number of carbonyl (C=O) groups is 1. The van der Waals surface area contributed by atoms with Crippen LogP contribution < -0.4 is 10.6 Å². The molecule has 1 fully saturated rings. The van der Waals surface area contributed by atoms with Crippen molar-refractivity contribution in [1.29, 1.82) is 0 Å². The molecule has 0 aliphatic carbocycles. The van der Waals surface area contributed by atoms with Crippen LogP contribution in [0.3, 0.4) is 0 Å². The summed E-state index contributed by atoms with van der Waals surface area (Å²) in [4.78, 5) is 11.7. The molecular formula is C12H15ClN2O4S. The van der Waals surface area contributed by atoms with Crippen LogP contribution in [0.15, 0.2) is 24.3 Å². The summed E-state index contributed by atoms with van der Waals surface area (Å²) in [5, 5.41) is 15.3. The van der Waals surface area contributed by atoms with Crippen molar-refractivity contribution in [3.05, 3.63) is 29.3 Å². The minimum Gasteiger partial charge on any atom is -0.390 e. The molecule has 8 heteroatoms. The monoisotopic (exact) mass is 318 g/mol. The highest BCUT2D eigenvalue weighted by atomic mass is 35.5. The summed E-state index contributed by atoms with van der Waals surface area (Å²) in [7, 11) is -3.22. The fraction of sp³-hybridized carbons (Fsp3) is 0.417. The van der Waals surface area contributed by atoms with Crippen molar-refractivity contribution in [1.82, 2.24) is 5.32 Å². The van der Waals surface area contributed by atoms with Crippen LogP contribution in [0.25, 0.3) is 0 Å². The van der Waals surface area contributed by atoms with Gasteiger partial charge in [0.15, 0.2) is 9.84 Å². The van der Waals surface area contributed by atoms with E-state index in [2.05, 4.69) is 10.6 Å². The summed E-state index contributed by atoms with van der Waals surface area (Å²) in [6.45, 7) is -0.0948. The highest BCUT2D eigenvalue weighted by Crippen LogP contribution is 2.20. The second kappa shape index (κ2) is 6.09. The molecular weight excluding hydrogens is 304 g/mol. The molecule has 6 nitrogen and oxygen atoms in total. The van der Waals surface area contributed by atoms with Gasteiger partial charge in [-0.3, -0.25) is 4.79 Å². The Morgan fingerprint density at radius 2 is 2.05 bits per heavy atom. The summed E-state index contributed by atoms with van der Waals surface area (Å²) in [5.41, 5.74) is 0.487. The second-order valence-electron chi connectivity index (χ2n) is 4.66.